The van der Waals surface area contributed by atoms with Crippen LogP contribution in [0.25, 0.3) is 11.1 Å². The van der Waals surface area contributed by atoms with Gasteiger partial charge in [0, 0.05) is 0 Å². The van der Waals surface area contributed by atoms with Gasteiger partial charge >= 0.3 is 5.97 Å². The number of esters is 1. The third-order valence-corrected chi connectivity index (χ3v) is 5.99. The first-order chi connectivity index (χ1) is 20.0. The molecule has 4 aromatic carbocycles. The molecule has 0 spiro atoms. The fraction of sp³-hybridized carbons (Fsp3) is 0.182. The van der Waals surface area contributed by atoms with E-state index >= 15 is 0 Å². The van der Waals surface area contributed by atoms with E-state index < -0.39 is 18.0 Å². The van der Waals surface area contributed by atoms with Gasteiger partial charge in [-0.2, -0.15) is 5.10 Å². The number of carbonyl (C=O) groups excluding carboxylic acids is 2. The molecule has 4 rings (SSSR count). The number of nitrogens with one attached hydrogen (secondary N) is 1. The Kier molecular flexibility index (Phi) is 10.1. The van der Waals surface area contributed by atoms with Gasteiger partial charge in [-0.15, -0.1) is 0 Å². The lowest BCUT2D eigenvalue weighted by Crippen LogP contribution is -2.33. The van der Waals surface area contributed by atoms with E-state index in [1.165, 1.54) is 13.3 Å². The van der Waals surface area contributed by atoms with Crippen LogP contribution >= 0.6 is 0 Å². The number of benzene rings is 4. The molecule has 1 N–H and O–H groups in total. The van der Waals surface area contributed by atoms with E-state index in [2.05, 4.69) is 10.5 Å². The zero-order chi connectivity index (χ0) is 29.0. The molecule has 41 heavy (non-hydrogen) atoms. The molecule has 0 aliphatic carbocycles. The average Bonchev–Trinajstić information content (AvgIpc) is 3.01. The van der Waals surface area contributed by atoms with Gasteiger partial charge in [-0.05, 0) is 84.6 Å². The summed E-state index contributed by atoms with van der Waals surface area (Å²) in [7, 11) is 1.47. The van der Waals surface area contributed by atoms with E-state index in [0.717, 1.165) is 17.5 Å². The second-order valence-electron chi connectivity index (χ2n) is 9.06. The lowest BCUT2D eigenvalue weighted by molar-refractivity contribution is -0.127. The Morgan fingerprint density at radius 1 is 0.854 bits per heavy atom. The molecule has 1 amide bonds. The smallest absolute Gasteiger partial charge is 0.343 e. The van der Waals surface area contributed by atoms with Gasteiger partial charge in [0.2, 0.25) is 0 Å². The van der Waals surface area contributed by atoms with Gasteiger partial charge in [0.1, 0.15) is 11.5 Å². The van der Waals surface area contributed by atoms with Crippen molar-refractivity contribution in [2.24, 2.45) is 5.10 Å². The van der Waals surface area contributed by atoms with E-state index in [0.29, 0.717) is 35.0 Å². The number of methoxy groups -OCH3 is 1. The standard InChI is InChI=1S/C33H32N2O6/c1-4-20-39-28-15-13-27(14-16-28)33(37)41-30-19-10-24(21-31(30)38-3)22-34-35-32(36)23(2)40-29-17-11-26(12-18-29)25-8-6-5-7-9-25/h5-19,21-23H,4,20H2,1-3H3,(H,35,36)/b34-22-/t23-/m1/s1. The fourth-order valence-electron chi connectivity index (χ4n) is 3.79. The normalized spacial score (nSPS) is 11.5. The summed E-state index contributed by atoms with van der Waals surface area (Å²) < 4.78 is 22.2. The third-order valence-electron chi connectivity index (χ3n) is 5.99. The highest BCUT2D eigenvalue weighted by Gasteiger charge is 2.15. The van der Waals surface area contributed by atoms with Gasteiger partial charge in [-0.1, -0.05) is 49.4 Å². The Morgan fingerprint density at radius 3 is 2.22 bits per heavy atom. The minimum absolute atomic E-state index is 0.255. The molecule has 8 nitrogen and oxygen atoms in total. The first-order valence-corrected chi connectivity index (χ1v) is 13.2. The molecule has 0 radical (unpaired) electrons. The number of amides is 1. The number of hydrogen-bond acceptors (Lipinski definition) is 7. The van der Waals surface area contributed by atoms with E-state index in [1.54, 1.807) is 49.4 Å². The van der Waals surface area contributed by atoms with Crippen LogP contribution in [0, 0.1) is 0 Å². The van der Waals surface area contributed by atoms with Gasteiger partial charge in [0.25, 0.3) is 5.91 Å². The maximum atomic E-state index is 12.6. The molecule has 0 saturated heterocycles. The van der Waals surface area contributed by atoms with Gasteiger partial charge in [-0.3, -0.25) is 4.79 Å². The number of carbonyl (C=O) groups is 2. The third kappa shape index (κ3) is 8.19. The Hall–Kier alpha value is -5.11. The first kappa shape index (κ1) is 28.9. The van der Waals surface area contributed by atoms with Gasteiger partial charge in [0.15, 0.2) is 17.6 Å². The maximum Gasteiger partial charge on any atom is 0.343 e. The Balaban J connectivity index is 1.30. The minimum atomic E-state index is -0.765. The number of ether oxygens (including phenoxy) is 4. The van der Waals surface area contributed by atoms with Crippen LogP contribution in [0.2, 0.25) is 0 Å². The summed E-state index contributed by atoms with van der Waals surface area (Å²) in [6.45, 7) is 4.28. The molecule has 0 saturated carbocycles. The summed E-state index contributed by atoms with van der Waals surface area (Å²) in [5.41, 5.74) is 5.65. The number of rotatable bonds is 12. The Labute approximate surface area is 239 Å². The van der Waals surface area contributed by atoms with Crippen LogP contribution in [-0.2, 0) is 4.79 Å². The van der Waals surface area contributed by atoms with Gasteiger partial charge < -0.3 is 18.9 Å². The van der Waals surface area contributed by atoms with Crippen molar-refractivity contribution in [2.45, 2.75) is 26.4 Å². The lowest BCUT2D eigenvalue weighted by Gasteiger charge is -2.13. The maximum absolute atomic E-state index is 12.6. The van der Waals surface area contributed by atoms with Crippen molar-refractivity contribution in [3.8, 4) is 34.1 Å². The van der Waals surface area contributed by atoms with E-state index in [-0.39, 0.29) is 5.75 Å². The topological polar surface area (TPSA) is 95.5 Å². The van der Waals surface area contributed by atoms with Gasteiger partial charge in [0.05, 0.1) is 25.5 Å². The summed E-state index contributed by atoms with van der Waals surface area (Å²) in [4.78, 5) is 25.1. The predicted molar refractivity (Wildman–Crippen MR) is 158 cm³/mol. The monoisotopic (exact) mass is 552 g/mol. The molecule has 210 valence electrons. The van der Waals surface area contributed by atoms with Crippen LogP contribution in [0.4, 0.5) is 0 Å². The summed E-state index contributed by atoms with van der Waals surface area (Å²) in [5, 5.41) is 4.02. The second kappa shape index (κ2) is 14.3. The summed E-state index contributed by atoms with van der Waals surface area (Å²) >= 11 is 0. The molecule has 0 heterocycles. The Bertz CT molecular complexity index is 1470. The van der Waals surface area contributed by atoms with E-state index in [9.17, 15) is 9.59 Å². The molecule has 0 aliphatic rings. The van der Waals surface area contributed by atoms with Crippen LogP contribution in [0.3, 0.4) is 0 Å². The summed E-state index contributed by atoms with van der Waals surface area (Å²) in [6, 6.07) is 29.2. The SMILES string of the molecule is CCCOc1ccc(C(=O)Oc2ccc(/C=N\NC(=O)[C@@H](C)Oc3ccc(-c4ccccc4)cc3)cc2OC)cc1. The second-order valence-corrected chi connectivity index (χ2v) is 9.06. The molecule has 8 heteroatoms. The van der Waals surface area contributed by atoms with Crippen LogP contribution < -0.4 is 24.4 Å². The van der Waals surface area contributed by atoms with E-state index in [4.69, 9.17) is 18.9 Å². The highest BCUT2D eigenvalue weighted by Crippen LogP contribution is 2.29. The molecule has 0 aliphatic heterocycles. The minimum Gasteiger partial charge on any atom is -0.494 e. The average molecular weight is 553 g/mol. The number of hydrazone groups is 1. The van der Waals surface area contributed by atoms with E-state index in [1.807, 2.05) is 61.5 Å². The Morgan fingerprint density at radius 2 is 1.54 bits per heavy atom. The molecule has 0 bridgehead atoms. The fourth-order valence-corrected chi connectivity index (χ4v) is 3.79. The zero-order valence-corrected chi connectivity index (χ0v) is 23.2. The molecule has 0 unspecified atom stereocenters. The molecular weight excluding hydrogens is 520 g/mol. The number of hydrogen-bond donors (Lipinski definition) is 1. The highest BCUT2D eigenvalue weighted by molar-refractivity contribution is 5.92. The highest BCUT2D eigenvalue weighted by atomic mass is 16.6. The lowest BCUT2D eigenvalue weighted by atomic mass is 10.1. The van der Waals surface area contributed by atoms with Crippen LogP contribution in [0.5, 0.6) is 23.0 Å². The van der Waals surface area contributed by atoms with Crippen molar-refractivity contribution in [1.82, 2.24) is 5.43 Å². The van der Waals surface area contributed by atoms with Gasteiger partial charge in [-0.25, -0.2) is 10.2 Å². The van der Waals surface area contributed by atoms with Crippen molar-refractivity contribution in [3.63, 3.8) is 0 Å². The predicted octanol–water partition coefficient (Wildman–Crippen LogP) is 6.29. The van der Waals surface area contributed by atoms with Crippen molar-refractivity contribution in [3.05, 3.63) is 108 Å². The molecule has 4 aromatic rings. The molecule has 0 fully saturated rings. The van der Waals surface area contributed by atoms with Crippen molar-refractivity contribution in [1.29, 1.82) is 0 Å². The van der Waals surface area contributed by atoms with Crippen LogP contribution in [0.15, 0.2) is 102 Å². The summed E-state index contributed by atoms with van der Waals surface area (Å²) in [5.74, 6) is 0.930. The van der Waals surface area contributed by atoms with Crippen molar-refractivity contribution < 1.29 is 28.5 Å². The quantitative estimate of drug-likeness (QED) is 0.0961. The summed E-state index contributed by atoms with van der Waals surface area (Å²) in [6.07, 6.45) is 1.59. The van der Waals surface area contributed by atoms with Crippen LogP contribution in [-0.4, -0.2) is 37.9 Å². The zero-order valence-electron chi connectivity index (χ0n) is 23.2. The molecular formula is C33H32N2O6. The molecule has 0 aromatic heterocycles. The largest absolute Gasteiger partial charge is 0.494 e. The molecule has 1 atom stereocenters. The van der Waals surface area contributed by atoms with Crippen molar-refractivity contribution in [2.75, 3.05) is 13.7 Å². The first-order valence-electron chi connectivity index (χ1n) is 13.2. The van der Waals surface area contributed by atoms with Crippen LogP contribution in [0.1, 0.15) is 36.2 Å². The van der Waals surface area contributed by atoms with Crippen molar-refractivity contribution >= 4 is 18.1 Å². The number of nitrogens with zero attached hydrogens (tertiary/aromatic N) is 1.